The average molecular weight is 343 g/mol. The Balaban J connectivity index is 2.22. The van der Waals surface area contributed by atoms with Crippen LogP contribution in [0, 0.1) is 5.82 Å². The number of nitrogens with zero attached hydrogens (tertiary/aromatic N) is 1. The number of amides is 1. The van der Waals surface area contributed by atoms with Gasteiger partial charge >= 0.3 is 0 Å². The topological polar surface area (TPSA) is 32.3 Å². The standard InChI is InChI=1S/C19H16ClFN2O/c1-14(24)22-19(17-9-2-3-10-18(17)20)11-4-5-12-23(19)16-8-6-7-15(21)13-16/h2-13H,1H3,(H,22,24). The smallest absolute Gasteiger partial charge is 0.219 e. The van der Waals surface area contributed by atoms with Gasteiger partial charge in [0.15, 0.2) is 5.66 Å². The summed E-state index contributed by atoms with van der Waals surface area (Å²) < 4.78 is 13.7. The highest BCUT2D eigenvalue weighted by molar-refractivity contribution is 6.31. The summed E-state index contributed by atoms with van der Waals surface area (Å²) in [5, 5.41) is 3.47. The Labute approximate surface area is 145 Å². The van der Waals surface area contributed by atoms with Crippen molar-refractivity contribution in [3.63, 3.8) is 0 Å². The Kier molecular flexibility index (Phi) is 4.40. The molecule has 3 rings (SSSR count). The molecule has 3 nitrogen and oxygen atoms in total. The summed E-state index contributed by atoms with van der Waals surface area (Å²) in [6.07, 6.45) is 7.27. The maximum Gasteiger partial charge on any atom is 0.219 e. The molecule has 1 aliphatic heterocycles. The molecule has 1 atom stereocenters. The third kappa shape index (κ3) is 2.93. The fourth-order valence-corrected chi connectivity index (χ4v) is 3.15. The maximum atomic E-state index is 13.7. The number of anilines is 1. The lowest BCUT2D eigenvalue weighted by Crippen LogP contribution is -2.55. The first-order valence-corrected chi connectivity index (χ1v) is 7.85. The number of carbonyl (C=O) groups excluding carboxylic acids is 1. The highest BCUT2D eigenvalue weighted by Crippen LogP contribution is 2.38. The van der Waals surface area contributed by atoms with Gasteiger partial charge in [-0.1, -0.05) is 41.9 Å². The third-order valence-corrected chi connectivity index (χ3v) is 4.13. The summed E-state index contributed by atoms with van der Waals surface area (Å²) in [5.74, 6) is -0.581. The SMILES string of the molecule is CC(=O)NC1(c2ccccc2Cl)C=CC=CN1c1cccc(F)c1. The van der Waals surface area contributed by atoms with Crippen molar-refractivity contribution in [2.75, 3.05) is 4.90 Å². The Hall–Kier alpha value is -2.59. The molecule has 122 valence electrons. The van der Waals surface area contributed by atoms with Gasteiger partial charge in [-0.05, 0) is 36.4 Å². The zero-order chi connectivity index (χ0) is 17.2. The first-order chi connectivity index (χ1) is 11.5. The molecule has 0 saturated carbocycles. The Morgan fingerprint density at radius 1 is 1.17 bits per heavy atom. The molecule has 0 aromatic heterocycles. The van der Waals surface area contributed by atoms with E-state index in [4.69, 9.17) is 11.6 Å². The molecule has 1 amide bonds. The molecule has 2 aromatic carbocycles. The van der Waals surface area contributed by atoms with Gasteiger partial charge in [0.1, 0.15) is 5.82 Å². The lowest BCUT2D eigenvalue weighted by Gasteiger charge is -2.44. The predicted octanol–water partition coefficient (Wildman–Crippen LogP) is 4.36. The fraction of sp³-hybridized carbons (Fsp3) is 0.105. The molecule has 1 heterocycles. The monoisotopic (exact) mass is 342 g/mol. The number of hydrogen-bond acceptors (Lipinski definition) is 2. The molecule has 0 saturated heterocycles. The molecule has 24 heavy (non-hydrogen) atoms. The van der Waals surface area contributed by atoms with Crippen LogP contribution in [0.5, 0.6) is 0 Å². The van der Waals surface area contributed by atoms with Crippen molar-refractivity contribution in [1.82, 2.24) is 5.32 Å². The van der Waals surface area contributed by atoms with Crippen molar-refractivity contribution in [3.05, 3.63) is 89.4 Å². The number of benzene rings is 2. The highest BCUT2D eigenvalue weighted by atomic mass is 35.5. The lowest BCUT2D eigenvalue weighted by molar-refractivity contribution is -0.120. The molecule has 2 aromatic rings. The number of hydrogen-bond donors (Lipinski definition) is 1. The van der Waals surface area contributed by atoms with Gasteiger partial charge in [0.25, 0.3) is 0 Å². The van der Waals surface area contributed by atoms with Gasteiger partial charge in [-0.15, -0.1) is 0 Å². The molecule has 1 unspecified atom stereocenters. The van der Waals surface area contributed by atoms with Crippen LogP contribution in [-0.2, 0) is 10.5 Å². The first kappa shape index (κ1) is 16.3. The molecule has 5 heteroatoms. The molecule has 0 radical (unpaired) electrons. The van der Waals surface area contributed by atoms with Crippen LogP contribution in [-0.4, -0.2) is 5.91 Å². The van der Waals surface area contributed by atoms with Gasteiger partial charge in [-0.3, -0.25) is 4.79 Å². The van der Waals surface area contributed by atoms with Gasteiger partial charge in [-0.2, -0.15) is 0 Å². The minimum absolute atomic E-state index is 0.226. The van der Waals surface area contributed by atoms with E-state index in [1.165, 1.54) is 19.1 Å². The Morgan fingerprint density at radius 2 is 1.96 bits per heavy atom. The summed E-state index contributed by atoms with van der Waals surface area (Å²) in [5.41, 5.74) is 0.267. The summed E-state index contributed by atoms with van der Waals surface area (Å²) >= 11 is 6.40. The van der Waals surface area contributed by atoms with Gasteiger partial charge in [0, 0.05) is 29.4 Å². The van der Waals surface area contributed by atoms with Crippen molar-refractivity contribution < 1.29 is 9.18 Å². The van der Waals surface area contributed by atoms with Crippen LogP contribution in [0.3, 0.4) is 0 Å². The van der Waals surface area contributed by atoms with E-state index in [-0.39, 0.29) is 11.7 Å². The van der Waals surface area contributed by atoms with Crippen LogP contribution < -0.4 is 10.2 Å². The normalized spacial score (nSPS) is 19.4. The number of halogens is 2. The summed E-state index contributed by atoms with van der Waals surface area (Å²) in [6.45, 7) is 1.44. The van der Waals surface area contributed by atoms with E-state index in [9.17, 15) is 9.18 Å². The fourth-order valence-electron chi connectivity index (χ4n) is 2.87. The lowest BCUT2D eigenvalue weighted by atomic mass is 9.93. The first-order valence-electron chi connectivity index (χ1n) is 7.47. The van der Waals surface area contributed by atoms with Crippen LogP contribution >= 0.6 is 11.6 Å². The van der Waals surface area contributed by atoms with Gasteiger partial charge in [0.2, 0.25) is 5.91 Å². The minimum Gasteiger partial charge on any atom is -0.326 e. The maximum absolute atomic E-state index is 13.7. The van der Waals surface area contributed by atoms with Crippen molar-refractivity contribution >= 4 is 23.2 Å². The molecule has 0 bridgehead atoms. The van der Waals surface area contributed by atoms with Crippen LogP contribution in [0.15, 0.2) is 73.0 Å². The van der Waals surface area contributed by atoms with Gasteiger partial charge in [-0.25, -0.2) is 4.39 Å². The van der Waals surface area contributed by atoms with Crippen LogP contribution in [0.2, 0.25) is 5.02 Å². The molecular formula is C19H16ClFN2O. The molecule has 1 N–H and O–H groups in total. The van der Waals surface area contributed by atoms with Crippen molar-refractivity contribution in [1.29, 1.82) is 0 Å². The van der Waals surface area contributed by atoms with Gasteiger partial charge < -0.3 is 10.2 Å². The van der Waals surface area contributed by atoms with E-state index in [2.05, 4.69) is 5.32 Å². The number of nitrogens with one attached hydrogen (secondary N) is 1. The summed E-state index contributed by atoms with van der Waals surface area (Å²) in [6, 6.07) is 13.5. The van der Waals surface area contributed by atoms with E-state index in [0.717, 1.165) is 0 Å². The van der Waals surface area contributed by atoms with Crippen molar-refractivity contribution in [2.45, 2.75) is 12.6 Å². The largest absolute Gasteiger partial charge is 0.326 e. The van der Waals surface area contributed by atoms with E-state index >= 15 is 0 Å². The molecular weight excluding hydrogens is 327 g/mol. The van der Waals surface area contributed by atoms with E-state index in [0.29, 0.717) is 16.3 Å². The molecule has 0 aliphatic carbocycles. The zero-order valence-electron chi connectivity index (χ0n) is 13.0. The van der Waals surface area contributed by atoms with E-state index in [1.54, 1.807) is 29.3 Å². The third-order valence-electron chi connectivity index (χ3n) is 3.80. The second-order valence-electron chi connectivity index (χ2n) is 5.48. The average Bonchev–Trinajstić information content (AvgIpc) is 2.55. The zero-order valence-corrected chi connectivity index (χ0v) is 13.8. The molecule has 1 aliphatic rings. The Bertz CT molecular complexity index is 834. The van der Waals surface area contributed by atoms with Crippen molar-refractivity contribution in [3.8, 4) is 0 Å². The van der Waals surface area contributed by atoms with E-state index < -0.39 is 5.66 Å². The summed E-state index contributed by atoms with van der Waals surface area (Å²) in [4.78, 5) is 13.7. The highest BCUT2D eigenvalue weighted by Gasteiger charge is 2.39. The number of rotatable bonds is 3. The Morgan fingerprint density at radius 3 is 2.67 bits per heavy atom. The second kappa shape index (κ2) is 6.49. The predicted molar refractivity (Wildman–Crippen MR) is 94.1 cm³/mol. The second-order valence-corrected chi connectivity index (χ2v) is 5.89. The van der Waals surface area contributed by atoms with E-state index in [1.807, 2.05) is 36.4 Å². The van der Waals surface area contributed by atoms with Crippen LogP contribution in [0.25, 0.3) is 0 Å². The number of allylic oxidation sites excluding steroid dienone is 2. The van der Waals surface area contributed by atoms with Crippen LogP contribution in [0.1, 0.15) is 12.5 Å². The summed E-state index contributed by atoms with van der Waals surface area (Å²) in [7, 11) is 0. The minimum atomic E-state index is -1.03. The van der Waals surface area contributed by atoms with Gasteiger partial charge in [0.05, 0.1) is 0 Å². The molecule has 0 spiro atoms. The van der Waals surface area contributed by atoms with Crippen LogP contribution in [0.4, 0.5) is 10.1 Å². The quantitative estimate of drug-likeness (QED) is 0.899. The molecule has 0 fully saturated rings. The van der Waals surface area contributed by atoms with Crippen molar-refractivity contribution in [2.24, 2.45) is 0 Å². The number of carbonyl (C=O) groups is 1.